The summed E-state index contributed by atoms with van der Waals surface area (Å²) in [5.41, 5.74) is 2.68. The molecule has 0 spiro atoms. The van der Waals surface area contributed by atoms with Crippen LogP contribution in [0, 0.1) is 30.8 Å². The van der Waals surface area contributed by atoms with Crippen molar-refractivity contribution in [3.05, 3.63) is 84.3 Å². The van der Waals surface area contributed by atoms with Crippen LogP contribution in [0.3, 0.4) is 0 Å². The fourth-order valence-corrected chi connectivity index (χ4v) is 5.03. The second kappa shape index (κ2) is 14.0. The van der Waals surface area contributed by atoms with Crippen LogP contribution in [0.1, 0.15) is 36.1 Å². The van der Waals surface area contributed by atoms with Crippen LogP contribution < -0.4 is 4.57 Å². The van der Waals surface area contributed by atoms with Crippen molar-refractivity contribution < 1.29 is 51.4 Å². The predicted octanol–water partition coefficient (Wildman–Crippen LogP) is 7.30. The topological polar surface area (TPSA) is 89.2 Å². The van der Waals surface area contributed by atoms with Crippen molar-refractivity contribution in [2.24, 2.45) is 7.05 Å². The minimum atomic E-state index is -10.7. The number of carbonyl (C=O) groups is 1. The standard InChI is InChI=1S/C24H18I2NO4S2.C3H6O.F6P/c1-27-15-17(4-6-19-13-21(32(2,28)29)8-10-23(19)25)12-18(16-27)5-7-20-14-22(33(3,30)31)9-11-24(20)26;1-3(2)4;1-7(2,3,4,5)6/h8-16H,1-3H3;1-2H3;/q+1;;-1. The number of hydrogen-bond donors (Lipinski definition) is 0. The Balaban J connectivity index is 0.000000752. The van der Waals surface area contributed by atoms with Crippen molar-refractivity contribution in [1.29, 1.82) is 0 Å². The van der Waals surface area contributed by atoms with Gasteiger partial charge in [-0.05, 0) is 101 Å². The number of nitrogens with zero attached hydrogens (tertiary/aromatic N) is 1. The Morgan fingerprint density at radius 3 is 1.25 bits per heavy atom. The molecule has 0 aliphatic carbocycles. The molecule has 0 N–H and O–H groups in total. The van der Waals surface area contributed by atoms with Crippen LogP contribution in [0.5, 0.6) is 0 Å². The van der Waals surface area contributed by atoms with E-state index in [2.05, 4.69) is 68.9 Å². The molecule has 0 aliphatic rings. The van der Waals surface area contributed by atoms with Gasteiger partial charge in [-0.2, -0.15) is 0 Å². The number of pyridine rings is 1. The first-order valence-corrected chi connectivity index (χ1v) is 19.6. The third kappa shape index (κ3) is 17.9. The van der Waals surface area contributed by atoms with E-state index in [0.717, 1.165) is 7.14 Å². The Hall–Kier alpha value is -2.25. The summed E-state index contributed by atoms with van der Waals surface area (Å²) in [5, 5.41) is 0. The van der Waals surface area contributed by atoms with Crippen LogP contribution >= 0.6 is 53.0 Å². The molecule has 0 unspecified atom stereocenters. The molecule has 0 radical (unpaired) electrons. The third-order valence-electron chi connectivity index (χ3n) is 4.41. The Morgan fingerprint density at radius 1 is 0.682 bits per heavy atom. The molecule has 2 aromatic carbocycles. The normalized spacial score (nSPS) is 12.7. The molecular weight excluding hydrogens is 881 g/mol. The van der Waals surface area contributed by atoms with Crippen molar-refractivity contribution in [2.75, 3.05) is 12.5 Å². The Labute approximate surface area is 279 Å². The minimum absolute atomic E-state index is 0.167. The van der Waals surface area contributed by atoms with E-state index in [9.17, 15) is 46.8 Å². The number of Topliss-reactive ketones (excluding diaryl/α,β-unsaturated/α-hetero) is 1. The van der Waals surface area contributed by atoms with Gasteiger partial charge in [0.1, 0.15) is 12.8 Å². The molecule has 3 aromatic rings. The number of ketones is 1. The average molecular weight is 905 g/mol. The van der Waals surface area contributed by atoms with E-state index in [1.807, 2.05) is 30.1 Å². The Kier molecular flexibility index (Phi) is 12.7. The van der Waals surface area contributed by atoms with Crippen LogP contribution in [-0.2, 0) is 31.5 Å². The number of carbonyl (C=O) groups excluding carboxylic acids is 1. The van der Waals surface area contributed by atoms with E-state index >= 15 is 0 Å². The maximum absolute atomic E-state index is 11.8. The number of rotatable bonds is 2. The van der Waals surface area contributed by atoms with Gasteiger partial charge in [0.05, 0.1) is 20.9 Å². The second-order valence-corrected chi connectivity index (χ2v) is 17.4. The van der Waals surface area contributed by atoms with Gasteiger partial charge in [-0.25, -0.2) is 21.4 Å². The van der Waals surface area contributed by atoms with Gasteiger partial charge in [0.2, 0.25) is 0 Å². The average Bonchev–Trinajstić information content (AvgIpc) is 2.79. The van der Waals surface area contributed by atoms with E-state index < -0.39 is 27.5 Å². The summed E-state index contributed by atoms with van der Waals surface area (Å²) in [4.78, 5) is 9.90. The second-order valence-electron chi connectivity index (χ2n) is 9.17. The predicted molar refractivity (Wildman–Crippen MR) is 174 cm³/mol. The van der Waals surface area contributed by atoms with Gasteiger partial charge in [0.15, 0.2) is 32.1 Å². The van der Waals surface area contributed by atoms with Crippen molar-refractivity contribution >= 4 is 78.4 Å². The monoisotopic (exact) mass is 905 g/mol. The Bertz CT molecular complexity index is 1810. The fourth-order valence-electron chi connectivity index (χ4n) is 2.80. The molecule has 3 rings (SSSR count). The molecule has 0 fully saturated rings. The maximum atomic E-state index is 11.8. The van der Waals surface area contributed by atoms with Gasteiger partial charge in [-0.3, -0.25) is 0 Å². The first-order chi connectivity index (χ1) is 19.5. The molecule has 17 heteroatoms. The zero-order valence-electron chi connectivity index (χ0n) is 23.5. The van der Waals surface area contributed by atoms with Crippen molar-refractivity contribution in [3.63, 3.8) is 0 Å². The molecule has 0 saturated carbocycles. The summed E-state index contributed by atoms with van der Waals surface area (Å²) in [6, 6.07) is 11.6. The van der Waals surface area contributed by atoms with Gasteiger partial charge < -0.3 is 4.79 Å². The van der Waals surface area contributed by atoms with Crippen LogP contribution in [-0.4, -0.2) is 35.1 Å². The zero-order valence-corrected chi connectivity index (χ0v) is 30.3. The quantitative estimate of drug-likeness (QED) is 0.0886. The number of sulfone groups is 2. The number of aryl methyl sites for hydroxylation is 1. The first-order valence-electron chi connectivity index (χ1n) is 11.6. The number of aromatic nitrogens is 1. The van der Waals surface area contributed by atoms with Gasteiger partial charge in [-0.1, -0.05) is 23.7 Å². The molecular formula is C27H24F6I2NO5PS2. The molecule has 0 atom stereocenters. The van der Waals surface area contributed by atoms with Gasteiger partial charge >= 0.3 is 33.0 Å². The summed E-state index contributed by atoms with van der Waals surface area (Å²) >= 11 is 4.25. The summed E-state index contributed by atoms with van der Waals surface area (Å²) in [5.74, 6) is 12.4. The molecule has 0 aliphatic heterocycles. The molecule has 0 bridgehead atoms. The molecule has 1 aromatic heterocycles. The van der Waals surface area contributed by atoms with Crippen molar-refractivity contribution in [1.82, 2.24) is 0 Å². The van der Waals surface area contributed by atoms with Crippen LogP contribution in [0.4, 0.5) is 25.2 Å². The van der Waals surface area contributed by atoms with E-state index in [0.29, 0.717) is 22.3 Å². The summed E-state index contributed by atoms with van der Waals surface area (Å²) in [6.45, 7) is 3.06. The Morgan fingerprint density at radius 2 is 0.977 bits per heavy atom. The van der Waals surface area contributed by atoms with Gasteiger partial charge in [0.25, 0.3) is 0 Å². The third-order valence-corrected chi connectivity index (χ3v) is 8.51. The van der Waals surface area contributed by atoms with Gasteiger partial charge in [-0.15, -0.1) is 0 Å². The van der Waals surface area contributed by atoms with Crippen LogP contribution in [0.15, 0.2) is 64.6 Å². The fraction of sp³-hybridized carbons (Fsp3) is 0.185. The summed E-state index contributed by atoms with van der Waals surface area (Å²) in [7, 11) is -15.4. The molecule has 44 heavy (non-hydrogen) atoms. The van der Waals surface area contributed by atoms with Gasteiger partial charge in [0, 0.05) is 30.8 Å². The summed E-state index contributed by atoms with van der Waals surface area (Å²) in [6.07, 6.45) is 6.03. The molecule has 0 amide bonds. The van der Waals surface area contributed by atoms with Crippen molar-refractivity contribution in [2.45, 2.75) is 23.6 Å². The first kappa shape index (κ1) is 39.8. The molecule has 0 saturated heterocycles. The van der Waals surface area contributed by atoms with E-state index in [-0.39, 0.29) is 15.6 Å². The van der Waals surface area contributed by atoms with E-state index in [4.69, 9.17) is 0 Å². The van der Waals surface area contributed by atoms with Crippen molar-refractivity contribution in [3.8, 4) is 23.7 Å². The van der Waals surface area contributed by atoms with E-state index in [1.165, 1.54) is 26.4 Å². The number of benzene rings is 2. The van der Waals surface area contributed by atoms with E-state index in [1.54, 1.807) is 36.4 Å². The number of halogens is 8. The molecule has 1 heterocycles. The summed E-state index contributed by atoms with van der Waals surface area (Å²) < 4.78 is 110. The number of hydrogen-bond acceptors (Lipinski definition) is 5. The zero-order chi connectivity index (χ0) is 34.4. The SMILES string of the molecule is CC(C)=O.C[n+]1cc(C#Cc2cc(S(C)(=O)=O)ccc2I)cc(C#Cc2cc(S(C)(=O)=O)ccc2I)c1.F[P-](F)(F)(F)(F)F. The molecule has 240 valence electrons. The van der Waals surface area contributed by atoms with Crippen LogP contribution in [0.25, 0.3) is 0 Å². The van der Waals surface area contributed by atoms with Crippen LogP contribution in [0.2, 0.25) is 0 Å². The molecule has 6 nitrogen and oxygen atoms in total.